The summed E-state index contributed by atoms with van der Waals surface area (Å²) < 4.78 is 5.49. The van der Waals surface area contributed by atoms with Crippen LogP contribution in [0.25, 0.3) is 0 Å². The van der Waals surface area contributed by atoms with Crippen molar-refractivity contribution in [3.63, 3.8) is 0 Å². The monoisotopic (exact) mass is 280 g/mol. The Bertz CT molecular complexity index is 441. The molecular weight excluding hydrogens is 256 g/mol. The van der Waals surface area contributed by atoms with Crippen LogP contribution < -0.4 is 20.9 Å². The molecule has 1 aliphatic rings. The fourth-order valence-electron chi connectivity index (χ4n) is 2.25. The summed E-state index contributed by atoms with van der Waals surface area (Å²) in [5, 5.41) is 0. The summed E-state index contributed by atoms with van der Waals surface area (Å²) in [6.07, 6.45) is 2.05. The molecule has 7 nitrogen and oxygen atoms in total. The molecule has 0 spiro atoms. The molecule has 1 saturated heterocycles. The highest BCUT2D eigenvalue weighted by atomic mass is 16.5. The molecule has 2 heterocycles. The van der Waals surface area contributed by atoms with Crippen LogP contribution in [-0.2, 0) is 0 Å². The Labute approximate surface area is 119 Å². The minimum atomic E-state index is 0.330. The lowest BCUT2D eigenvalue weighted by atomic mass is 9.89. The second kappa shape index (κ2) is 6.69. The maximum atomic E-state index is 5.49. The molecule has 0 aromatic carbocycles. The van der Waals surface area contributed by atoms with E-state index in [9.17, 15) is 0 Å². The topological polar surface area (TPSA) is 89.2 Å². The standard InChI is InChI=1S/C13H24N6O/c1-4-7-20-13-16-11(18-14)15-12(17-13)19-6-5-9(2)10(3)8-19/h9-10H,4-8,14H2,1-3H3,(H,15,16,17,18). The van der Waals surface area contributed by atoms with Crippen molar-refractivity contribution in [2.24, 2.45) is 17.7 Å². The van der Waals surface area contributed by atoms with Gasteiger partial charge in [-0.1, -0.05) is 20.8 Å². The van der Waals surface area contributed by atoms with Crippen molar-refractivity contribution < 1.29 is 4.74 Å². The van der Waals surface area contributed by atoms with Gasteiger partial charge in [-0.3, -0.25) is 5.43 Å². The van der Waals surface area contributed by atoms with Gasteiger partial charge in [0.05, 0.1) is 6.61 Å². The van der Waals surface area contributed by atoms with E-state index in [0.717, 1.165) is 31.8 Å². The van der Waals surface area contributed by atoms with Gasteiger partial charge in [-0.05, 0) is 24.7 Å². The zero-order valence-corrected chi connectivity index (χ0v) is 12.5. The molecule has 0 radical (unpaired) electrons. The quantitative estimate of drug-likeness (QED) is 0.623. The molecule has 1 aromatic heterocycles. The van der Waals surface area contributed by atoms with Gasteiger partial charge in [-0.2, -0.15) is 15.0 Å². The number of hydrogen-bond donors (Lipinski definition) is 2. The average molecular weight is 280 g/mol. The van der Waals surface area contributed by atoms with Crippen molar-refractivity contribution in [1.82, 2.24) is 15.0 Å². The Morgan fingerprint density at radius 1 is 1.30 bits per heavy atom. The van der Waals surface area contributed by atoms with Crippen molar-refractivity contribution in [2.45, 2.75) is 33.6 Å². The first-order valence-electron chi connectivity index (χ1n) is 7.24. The molecule has 1 aliphatic heterocycles. The van der Waals surface area contributed by atoms with Crippen molar-refractivity contribution >= 4 is 11.9 Å². The van der Waals surface area contributed by atoms with Gasteiger partial charge in [0.2, 0.25) is 11.9 Å². The van der Waals surface area contributed by atoms with Gasteiger partial charge in [0.25, 0.3) is 0 Å². The third-order valence-corrected chi connectivity index (χ3v) is 3.78. The lowest BCUT2D eigenvalue weighted by Crippen LogP contribution is -2.39. The number of nitrogens with two attached hydrogens (primary N) is 1. The minimum absolute atomic E-state index is 0.330. The molecule has 1 fully saturated rings. The van der Waals surface area contributed by atoms with Crippen LogP contribution in [0.15, 0.2) is 0 Å². The number of piperidine rings is 1. The van der Waals surface area contributed by atoms with Crippen molar-refractivity contribution in [2.75, 3.05) is 30.0 Å². The number of aromatic nitrogens is 3. The molecule has 7 heteroatoms. The van der Waals surface area contributed by atoms with E-state index < -0.39 is 0 Å². The van der Waals surface area contributed by atoms with Crippen molar-refractivity contribution in [3.05, 3.63) is 0 Å². The second-order valence-electron chi connectivity index (χ2n) is 5.42. The van der Waals surface area contributed by atoms with Gasteiger partial charge in [0.1, 0.15) is 0 Å². The number of hydrazine groups is 1. The molecule has 0 amide bonds. The van der Waals surface area contributed by atoms with Gasteiger partial charge < -0.3 is 9.64 Å². The number of rotatable bonds is 5. The highest BCUT2D eigenvalue weighted by Gasteiger charge is 2.25. The number of nitrogens with zero attached hydrogens (tertiary/aromatic N) is 4. The molecule has 0 bridgehead atoms. The van der Waals surface area contributed by atoms with Crippen LogP contribution in [0.2, 0.25) is 0 Å². The molecule has 112 valence electrons. The Hall–Kier alpha value is -1.63. The maximum Gasteiger partial charge on any atom is 0.323 e. The summed E-state index contributed by atoms with van der Waals surface area (Å²) in [5.74, 6) is 7.75. The lowest BCUT2D eigenvalue weighted by Gasteiger charge is -2.35. The number of nitrogens with one attached hydrogen (secondary N) is 1. The average Bonchev–Trinajstić information content (AvgIpc) is 2.47. The molecule has 2 unspecified atom stereocenters. The number of ether oxygens (including phenoxy) is 1. The highest BCUT2D eigenvalue weighted by Crippen LogP contribution is 2.26. The van der Waals surface area contributed by atoms with Crippen LogP contribution in [0, 0.1) is 11.8 Å². The minimum Gasteiger partial charge on any atom is -0.463 e. The first-order valence-corrected chi connectivity index (χ1v) is 7.24. The van der Waals surface area contributed by atoms with Gasteiger partial charge in [0, 0.05) is 13.1 Å². The Morgan fingerprint density at radius 3 is 2.75 bits per heavy atom. The van der Waals surface area contributed by atoms with E-state index in [2.05, 4.69) is 39.1 Å². The van der Waals surface area contributed by atoms with Crippen LogP contribution >= 0.6 is 0 Å². The predicted molar refractivity (Wildman–Crippen MR) is 78.6 cm³/mol. The summed E-state index contributed by atoms with van der Waals surface area (Å²) in [6.45, 7) is 9.07. The summed E-state index contributed by atoms with van der Waals surface area (Å²) in [4.78, 5) is 15.0. The highest BCUT2D eigenvalue weighted by molar-refractivity contribution is 5.38. The molecule has 1 aromatic rings. The third kappa shape index (κ3) is 3.47. The molecular formula is C13H24N6O. The summed E-state index contributed by atoms with van der Waals surface area (Å²) in [7, 11) is 0. The fraction of sp³-hybridized carbons (Fsp3) is 0.769. The van der Waals surface area contributed by atoms with Gasteiger partial charge in [0.15, 0.2) is 0 Å². The number of nitrogen functional groups attached to an aromatic ring is 1. The SMILES string of the molecule is CCCOc1nc(NN)nc(N2CCC(C)C(C)C2)n1. The van der Waals surface area contributed by atoms with E-state index in [1.54, 1.807) is 0 Å². The predicted octanol–water partition coefficient (Wildman–Crippen LogP) is 1.43. The smallest absolute Gasteiger partial charge is 0.323 e. The van der Waals surface area contributed by atoms with Crippen LogP contribution in [0.1, 0.15) is 33.6 Å². The second-order valence-corrected chi connectivity index (χ2v) is 5.42. The van der Waals surface area contributed by atoms with Crippen LogP contribution in [0.3, 0.4) is 0 Å². The van der Waals surface area contributed by atoms with E-state index in [1.807, 2.05) is 6.92 Å². The Morgan fingerprint density at radius 2 is 2.10 bits per heavy atom. The number of anilines is 2. The Kier molecular flexibility index (Phi) is 4.94. The van der Waals surface area contributed by atoms with Crippen LogP contribution in [-0.4, -0.2) is 34.6 Å². The van der Waals surface area contributed by atoms with Crippen LogP contribution in [0.4, 0.5) is 11.9 Å². The van der Waals surface area contributed by atoms with E-state index >= 15 is 0 Å². The lowest BCUT2D eigenvalue weighted by molar-refractivity contribution is 0.289. The summed E-state index contributed by atoms with van der Waals surface area (Å²) in [5.41, 5.74) is 2.47. The van der Waals surface area contributed by atoms with Gasteiger partial charge in [-0.25, -0.2) is 5.84 Å². The normalized spacial score (nSPS) is 22.7. The summed E-state index contributed by atoms with van der Waals surface area (Å²) in [6, 6.07) is 0.330. The van der Waals surface area contributed by atoms with Crippen molar-refractivity contribution in [1.29, 1.82) is 0 Å². The van der Waals surface area contributed by atoms with Crippen LogP contribution in [0.5, 0.6) is 6.01 Å². The van der Waals surface area contributed by atoms with E-state index in [-0.39, 0.29) is 0 Å². The van der Waals surface area contributed by atoms with Gasteiger partial charge in [-0.15, -0.1) is 0 Å². The largest absolute Gasteiger partial charge is 0.463 e. The van der Waals surface area contributed by atoms with E-state index in [1.165, 1.54) is 0 Å². The van der Waals surface area contributed by atoms with Crippen molar-refractivity contribution in [3.8, 4) is 6.01 Å². The molecule has 0 saturated carbocycles. The molecule has 2 atom stereocenters. The zero-order chi connectivity index (χ0) is 14.5. The summed E-state index contributed by atoms with van der Waals surface area (Å²) >= 11 is 0. The maximum absolute atomic E-state index is 5.49. The van der Waals surface area contributed by atoms with E-state index in [0.29, 0.717) is 30.4 Å². The first kappa shape index (κ1) is 14.8. The molecule has 3 N–H and O–H groups in total. The molecule has 20 heavy (non-hydrogen) atoms. The zero-order valence-electron chi connectivity index (χ0n) is 12.5. The third-order valence-electron chi connectivity index (χ3n) is 3.78. The fourth-order valence-corrected chi connectivity index (χ4v) is 2.25. The first-order chi connectivity index (χ1) is 9.63. The Balaban J connectivity index is 2.17. The number of hydrogen-bond acceptors (Lipinski definition) is 7. The van der Waals surface area contributed by atoms with Gasteiger partial charge >= 0.3 is 6.01 Å². The molecule has 2 rings (SSSR count). The van der Waals surface area contributed by atoms with E-state index in [4.69, 9.17) is 10.6 Å². The molecule has 0 aliphatic carbocycles.